The SMILES string of the molecule is COc1nccc(-n2nccn2)c1C(=O)N[C@H]1CCC[C@@H]1COc1ccc(F)cc1. The lowest BCUT2D eigenvalue weighted by atomic mass is 10.0. The first-order valence-corrected chi connectivity index (χ1v) is 9.74. The monoisotopic (exact) mass is 411 g/mol. The van der Waals surface area contributed by atoms with E-state index in [4.69, 9.17) is 9.47 Å². The van der Waals surface area contributed by atoms with Crippen LogP contribution in [0.25, 0.3) is 5.69 Å². The van der Waals surface area contributed by atoms with E-state index in [-0.39, 0.29) is 35.1 Å². The minimum Gasteiger partial charge on any atom is -0.493 e. The number of methoxy groups -OCH3 is 1. The van der Waals surface area contributed by atoms with Crippen LogP contribution in [0.15, 0.2) is 48.9 Å². The van der Waals surface area contributed by atoms with Crippen LogP contribution < -0.4 is 14.8 Å². The van der Waals surface area contributed by atoms with Gasteiger partial charge >= 0.3 is 0 Å². The van der Waals surface area contributed by atoms with Crippen molar-refractivity contribution >= 4 is 5.91 Å². The maximum absolute atomic E-state index is 13.2. The second-order valence-corrected chi connectivity index (χ2v) is 7.07. The molecule has 0 saturated heterocycles. The Morgan fingerprint density at radius 1 is 1.17 bits per heavy atom. The number of ether oxygens (including phenoxy) is 2. The number of nitrogens with one attached hydrogen (secondary N) is 1. The normalized spacial score (nSPS) is 18.2. The molecule has 2 heterocycles. The van der Waals surface area contributed by atoms with Crippen molar-refractivity contribution in [1.29, 1.82) is 0 Å². The molecule has 8 nitrogen and oxygen atoms in total. The van der Waals surface area contributed by atoms with Gasteiger partial charge < -0.3 is 14.8 Å². The molecule has 9 heteroatoms. The molecule has 0 bridgehead atoms. The van der Waals surface area contributed by atoms with E-state index in [1.54, 1.807) is 24.4 Å². The molecule has 156 valence electrons. The number of hydrogen-bond acceptors (Lipinski definition) is 6. The third-order valence-electron chi connectivity index (χ3n) is 5.20. The summed E-state index contributed by atoms with van der Waals surface area (Å²) in [5.74, 6) is 0.355. The molecule has 3 aromatic rings. The zero-order valence-electron chi connectivity index (χ0n) is 16.5. The number of halogens is 1. The number of amides is 1. The van der Waals surface area contributed by atoms with Gasteiger partial charge in [-0.15, -0.1) is 0 Å². The summed E-state index contributed by atoms with van der Waals surface area (Å²) >= 11 is 0. The Morgan fingerprint density at radius 3 is 2.67 bits per heavy atom. The van der Waals surface area contributed by atoms with Gasteiger partial charge in [-0.05, 0) is 43.2 Å². The molecular formula is C21H22FN5O3. The second-order valence-electron chi connectivity index (χ2n) is 7.07. The van der Waals surface area contributed by atoms with Crippen molar-refractivity contribution in [2.24, 2.45) is 5.92 Å². The number of rotatable bonds is 7. The molecular weight excluding hydrogens is 389 g/mol. The molecule has 1 fully saturated rings. The van der Waals surface area contributed by atoms with Crippen LogP contribution in [0.3, 0.4) is 0 Å². The van der Waals surface area contributed by atoms with E-state index in [1.807, 2.05) is 0 Å². The molecule has 0 spiro atoms. The average Bonchev–Trinajstić information content (AvgIpc) is 3.45. The van der Waals surface area contributed by atoms with Crippen LogP contribution in [0.1, 0.15) is 29.6 Å². The highest BCUT2D eigenvalue weighted by Crippen LogP contribution is 2.28. The third kappa shape index (κ3) is 4.24. The number of aromatic nitrogens is 4. The lowest BCUT2D eigenvalue weighted by molar-refractivity contribution is 0.0914. The van der Waals surface area contributed by atoms with E-state index in [0.717, 1.165) is 19.3 Å². The highest BCUT2D eigenvalue weighted by atomic mass is 19.1. The summed E-state index contributed by atoms with van der Waals surface area (Å²) in [4.78, 5) is 18.7. The molecule has 1 aliphatic carbocycles. The average molecular weight is 411 g/mol. The fraction of sp³-hybridized carbons (Fsp3) is 0.333. The highest BCUT2D eigenvalue weighted by Gasteiger charge is 2.31. The van der Waals surface area contributed by atoms with Crippen LogP contribution >= 0.6 is 0 Å². The molecule has 1 saturated carbocycles. The Labute approximate surface area is 173 Å². The van der Waals surface area contributed by atoms with Crippen LogP contribution in [-0.2, 0) is 0 Å². The molecule has 4 rings (SSSR count). The van der Waals surface area contributed by atoms with E-state index >= 15 is 0 Å². The molecule has 0 radical (unpaired) electrons. The maximum Gasteiger partial charge on any atom is 0.259 e. The second kappa shape index (κ2) is 8.89. The van der Waals surface area contributed by atoms with Crippen LogP contribution in [0.2, 0.25) is 0 Å². The quantitative estimate of drug-likeness (QED) is 0.643. The lowest BCUT2D eigenvalue weighted by Crippen LogP contribution is -2.40. The van der Waals surface area contributed by atoms with Crippen molar-refractivity contribution in [3.05, 3.63) is 60.3 Å². The summed E-state index contributed by atoms with van der Waals surface area (Å²) < 4.78 is 24.2. The minimum absolute atomic E-state index is 0.0544. The number of pyridine rings is 1. The number of nitrogens with zero attached hydrogens (tertiary/aromatic N) is 4. The third-order valence-corrected chi connectivity index (χ3v) is 5.20. The molecule has 1 N–H and O–H groups in total. The summed E-state index contributed by atoms with van der Waals surface area (Å²) in [5, 5.41) is 11.3. The molecule has 2 atom stereocenters. The molecule has 1 amide bonds. The minimum atomic E-state index is -0.304. The van der Waals surface area contributed by atoms with E-state index < -0.39 is 0 Å². The Bertz CT molecular complexity index is 994. The van der Waals surface area contributed by atoms with Crippen molar-refractivity contribution < 1.29 is 18.7 Å². The van der Waals surface area contributed by atoms with E-state index in [1.165, 1.54) is 36.4 Å². The molecule has 0 aliphatic heterocycles. The summed E-state index contributed by atoms with van der Waals surface area (Å²) in [6.07, 6.45) is 7.39. The Kier molecular flexibility index (Phi) is 5.87. The van der Waals surface area contributed by atoms with Gasteiger partial charge in [0.2, 0.25) is 5.88 Å². The first kappa shape index (κ1) is 19.8. The van der Waals surface area contributed by atoms with Gasteiger partial charge in [0.05, 0.1) is 26.1 Å². The van der Waals surface area contributed by atoms with E-state index in [0.29, 0.717) is 18.0 Å². The number of hydrogen-bond donors (Lipinski definition) is 1. The molecule has 30 heavy (non-hydrogen) atoms. The van der Waals surface area contributed by atoms with Crippen LogP contribution in [0.4, 0.5) is 4.39 Å². The fourth-order valence-corrected chi connectivity index (χ4v) is 3.71. The smallest absolute Gasteiger partial charge is 0.259 e. The van der Waals surface area contributed by atoms with E-state index in [2.05, 4.69) is 20.5 Å². The predicted octanol–water partition coefficient (Wildman–Crippen LogP) is 2.79. The highest BCUT2D eigenvalue weighted by molar-refractivity contribution is 6.00. The Morgan fingerprint density at radius 2 is 1.93 bits per heavy atom. The van der Waals surface area contributed by atoms with Gasteiger partial charge in [-0.2, -0.15) is 15.0 Å². The zero-order chi connectivity index (χ0) is 20.9. The molecule has 1 aliphatic rings. The Hall–Kier alpha value is -3.49. The van der Waals surface area contributed by atoms with Gasteiger partial charge in [0.25, 0.3) is 5.91 Å². The van der Waals surface area contributed by atoms with Crippen molar-refractivity contribution in [2.45, 2.75) is 25.3 Å². The van der Waals surface area contributed by atoms with Gasteiger partial charge in [0.1, 0.15) is 22.8 Å². The number of carbonyl (C=O) groups is 1. The van der Waals surface area contributed by atoms with Crippen LogP contribution in [0.5, 0.6) is 11.6 Å². The zero-order valence-corrected chi connectivity index (χ0v) is 16.5. The maximum atomic E-state index is 13.2. The van der Waals surface area contributed by atoms with Crippen LogP contribution in [0, 0.1) is 11.7 Å². The van der Waals surface area contributed by atoms with Gasteiger partial charge in [-0.3, -0.25) is 4.79 Å². The summed E-state index contributed by atoms with van der Waals surface area (Å²) in [6.45, 7) is 0.439. The van der Waals surface area contributed by atoms with Crippen molar-refractivity contribution in [3.63, 3.8) is 0 Å². The van der Waals surface area contributed by atoms with Crippen molar-refractivity contribution in [2.75, 3.05) is 13.7 Å². The Balaban J connectivity index is 1.48. The lowest BCUT2D eigenvalue weighted by Gasteiger charge is -2.22. The van der Waals surface area contributed by atoms with Crippen molar-refractivity contribution in [1.82, 2.24) is 25.3 Å². The van der Waals surface area contributed by atoms with Crippen molar-refractivity contribution in [3.8, 4) is 17.3 Å². The first-order valence-electron chi connectivity index (χ1n) is 9.74. The summed E-state index contributed by atoms with van der Waals surface area (Å²) in [5.41, 5.74) is 0.766. The van der Waals surface area contributed by atoms with Gasteiger partial charge in [-0.1, -0.05) is 6.42 Å². The first-order chi connectivity index (χ1) is 14.7. The van der Waals surface area contributed by atoms with Crippen LogP contribution in [-0.4, -0.2) is 45.6 Å². The topological polar surface area (TPSA) is 91.2 Å². The van der Waals surface area contributed by atoms with Gasteiger partial charge in [0.15, 0.2) is 0 Å². The largest absolute Gasteiger partial charge is 0.493 e. The van der Waals surface area contributed by atoms with E-state index in [9.17, 15) is 9.18 Å². The molecule has 1 aromatic carbocycles. The van der Waals surface area contributed by atoms with Gasteiger partial charge in [-0.25, -0.2) is 9.37 Å². The van der Waals surface area contributed by atoms with Gasteiger partial charge in [0, 0.05) is 18.2 Å². The summed E-state index contributed by atoms with van der Waals surface area (Å²) in [6, 6.07) is 7.54. The predicted molar refractivity (Wildman–Crippen MR) is 106 cm³/mol. The number of carbonyl (C=O) groups excluding carboxylic acids is 1. The molecule has 0 unspecified atom stereocenters. The number of benzene rings is 1. The fourth-order valence-electron chi connectivity index (χ4n) is 3.71. The molecule has 2 aromatic heterocycles. The standard InChI is InChI=1S/C21H22FN5O3/c1-29-21-19(18(9-10-23-21)27-24-11-12-25-27)20(28)26-17-4-2-3-14(17)13-30-16-7-5-15(22)6-8-16/h5-12,14,17H,2-4,13H2,1H3,(H,26,28)/t14-,17+/m1/s1. The summed E-state index contributed by atoms with van der Waals surface area (Å²) in [7, 11) is 1.47.